The van der Waals surface area contributed by atoms with E-state index in [9.17, 15) is 4.79 Å². The molecule has 1 nitrogen and oxygen atoms in total. The lowest BCUT2D eigenvalue weighted by Crippen LogP contribution is -2.42. The lowest BCUT2D eigenvalue weighted by Gasteiger charge is -2.51. The van der Waals surface area contributed by atoms with Gasteiger partial charge in [-0.15, -0.1) is 0 Å². The fourth-order valence-corrected chi connectivity index (χ4v) is 5.97. The summed E-state index contributed by atoms with van der Waals surface area (Å²) in [5.41, 5.74) is 5.13. The fourth-order valence-electron chi connectivity index (χ4n) is 5.97. The van der Waals surface area contributed by atoms with Gasteiger partial charge < -0.3 is 0 Å². The zero-order chi connectivity index (χ0) is 14.6. The molecule has 0 amide bonds. The van der Waals surface area contributed by atoms with E-state index in [2.05, 4.69) is 25.7 Å². The number of fused-ring (bicyclic) bond motifs is 4. The molecule has 21 heavy (non-hydrogen) atoms. The minimum absolute atomic E-state index is 0.380. The van der Waals surface area contributed by atoms with E-state index in [0.717, 1.165) is 37.0 Å². The second-order valence-electron chi connectivity index (χ2n) is 7.82. The fraction of sp³-hybridized carbons (Fsp3) is 0.650. The van der Waals surface area contributed by atoms with Gasteiger partial charge in [0.25, 0.3) is 0 Å². The summed E-state index contributed by atoms with van der Waals surface area (Å²) >= 11 is 0. The molecule has 0 aliphatic heterocycles. The largest absolute Gasteiger partial charge is 0.299 e. The molecule has 0 aromatic heterocycles. The number of ketones is 1. The van der Waals surface area contributed by atoms with Gasteiger partial charge in [-0.25, -0.2) is 0 Å². The molecule has 0 radical (unpaired) electrons. The van der Waals surface area contributed by atoms with Crippen LogP contribution in [0.3, 0.4) is 0 Å². The zero-order valence-corrected chi connectivity index (χ0v) is 13.2. The van der Waals surface area contributed by atoms with Gasteiger partial charge in [-0.3, -0.25) is 4.79 Å². The van der Waals surface area contributed by atoms with Gasteiger partial charge >= 0.3 is 0 Å². The Bertz CT molecular complexity index is 564. The van der Waals surface area contributed by atoms with E-state index in [1.807, 2.05) is 0 Å². The lowest BCUT2D eigenvalue weighted by atomic mass is 9.53. The molecule has 4 aliphatic rings. The van der Waals surface area contributed by atoms with Gasteiger partial charge in [0.05, 0.1) is 0 Å². The van der Waals surface area contributed by atoms with Gasteiger partial charge in [0.1, 0.15) is 5.78 Å². The van der Waals surface area contributed by atoms with Crippen molar-refractivity contribution in [3.63, 3.8) is 0 Å². The van der Waals surface area contributed by atoms with Crippen molar-refractivity contribution in [2.45, 2.75) is 58.3 Å². The van der Waals surface area contributed by atoms with Crippen LogP contribution in [0.15, 0.2) is 35.5 Å². The molecule has 0 N–H and O–H groups in total. The molecule has 0 aromatic carbocycles. The molecule has 112 valence electrons. The van der Waals surface area contributed by atoms with Crippen molar-refractivity contribution in [3.05, 3.63) is 35.5 Å². The summed E-state index contributed by atoms with van der Waals surface area (Å²) in [6, 6.07) is 0. The maximum atomic E-state index is 11.7. The van der Waals surface area contributed by atoms with E-state index in [-0.39, 0.29) is 0 Å². The molecular weight excluding hydrogens is 256 g/mol. The standard InChI is InChI=1S/C20H26O/c1-3-14-5-9-19-18-7-4-13-12-15(21)6-8-16(13)17(18)10-11-20(14,19)2/h3,5,17-19H,1,4,6-12H2,2H3/t17?,18?,19?,20-/m1/s1. The first-order valence-corrected chi connectivity index (χ1v) is 8.69. The highest BCUT2D eigenvalue weighted by atomic mass is 16.1. The van der Waals surface area contributed by atoms with Crippen LogP contribution in [-0.2, 0) is 4.79 Å². The van der Waals surface area contributed by atoms with Crippen molar-refractivity contribution in [2.24, 2.45) is 23.2 Å². The second kappa shape index (κ2) is 4.69. The van der Waals surface area contributed by atoms with Gasteiger partial charge in [0.2, 0.25) is 0 Å². The molecule has 0 saturated heterocycles. The van der Waals surface area contributed by atoms with Crippen molar-refractivity contribution in [3.8, 4) is 0 Å². The highest BCUT2D eigenvalue weighted by Crippen LogP contribution is 2.61. The Labute approximate surface area is 128 Å². The van der Waals surface area contributed by atoms with E-state index in [0.29, 0.717) is 11.2 Å². The van der Waals surface area contributed by atoms with Crippen LogP contribution in [0.25, 0.3) is 0 Å². The third-order valence-corrected chi connectivity index (χ3v) is 7.06. The molecule has 4 rings (SSSR count). The normalized spacial score (nSPS) is 42.0. The van der Waals surface area contributed by atoms with Crippen LogP contribution in [0.4, 0.5) is 0 Å². The van der Waals surface area contributed by atoms with Crippen LogP contribution < -0.4 is 0 Å². The van der Waals surface area contributed by atoms with Crippen LogP contribution in [0, 0.1) is 23.2 Å². The first kappa shape index (κ1) is 13.5. The summed E-state index contributed by atoms with van der Waals surface area (Å²) in [5.74, 6) is 2.93. The minimum atomic E-state index is 0.380. The first-order chi connectivity index (χ1) is 10.1. The summed E-state index contributed by atoms with van der Waals surface area (Å²) < 4.78 is 0. The molecule has 0 spiro atoms. The molecule has 4 aliphatic carbocycles. The van der Waals surface area contributed by atoms with Crippen LogP contribution in [0.1, 0.15) is 58.3 Å². The SMILES string of the molecule is C=CC1=CCC2C3CCC4=C(CCC(=O)C4)C3CC[C@]12C. The van der Waals surface area contributed by atoms with E-state index in [1.165, 1.54) is 43.3 Å². The number of hydrogen-bond acceptors (Lipinski definition) is 1. The third kappa shape index (κ3) is 1.86. The van der Waals surface area contributed by atoms with Gasteiger partial charge in [-0.05, 0) is 67.3 Å². The summed E-state index contributed by atoms with van der Waals surface area (Å²) in [4.78, 5) is 11.7. The number of Topliss-reactive ketones (excluding diaryl/α,β-unsaturated/α-hetero) is 1. The Morgan fingerprint density at radius 2 is 2.14 bits per heavy atom. The highest BCUT2D eigenvalue weighted by molar-refractivity contribution is 5.82. The van der Waals surface area contributed by atoms with E-state index < -0.39 is 0 Å². The van der Waals surface area contributed by atoms with Crippen molar-refractivity contribution >= 4 is 5.78 Å². The van der Waals surface area contributed by atoms with Crippen molar-refractivity contribution in [1.29, 1.82) is 0 Å². The Morgan fingerprint density at radius 3 is 2.95 bits per heavy atom. The molecule has 1 heteroatoms. The predicted octanol–water partition coefficient (Wildman–Crippen LogP) is 4.99. The summed E-state index contributed by atoms with van der Waals surface area (Å²) in [6.07, 6.45) is 13.6. The summed E-state index contributed by atoms with van der Waals surface area (Å²) in [6.45, 7) is 6.52. The number of carbonyl (C=O) groups is 1. The average Bonchev–Trinajstić information content (AvgIpc) is 2.83. The van der Waals surface area contributed by atoms with E-state index in [1.54, 1.807) is 5.57 Å². The molecule has 4 atom stereocenters. The molecule has 1 fully saturated rings. The minimum Gasteiger partial charge on any atom is -0.299 e. The van der Waals surface area contributed by atoms with Gasteiger partial charge in [-0.1, -0.05) is 36.8 Å². The number of carbonyl (C=O) groups excluding carboxylic acids is 1. The Hall–Kier alpha value is -1.11. The topological polar surface area (TPSA) is 17.1 Å². The number of hydrogen-bond donors (Lipinski definition) is 0. The molecule has 3 unspecified atom stereocenters. The van der Waals surface area contributed by atoms with Crippen molar-refractivity contribution in [2.75, 3.05) is 0 Å². The molecule has 1 saturated carbocycles. The quantitative estimate of drug-likeness (QED) is 0.619. The van der Waals surface area contributed by atoms with Crippen LogP contribution in [-0.4, -0.2) is 5.78 Å². The highest BCUT2D eigenvalue weighted by Gasteiger charge is 2.51. The maximum Gasteiger partial charge on any atom is 0.137 e. The van der Waals surface area contributed by atoms with Crippen LogP contribution >= 0.6 is 0 Å². The Morgan fingerprint density at radius 1 is 1.29 bits per heavy atom. The van der Waals surface area contributed by atoms with E-state index in [4.69, 9.17) is 0 Å². The monoisotopic (exact) mass is 282 g/mol. The third-order valence-electron chi connectivity index (χ3n) is 7.06. The maximum absolute atomic E-state index is 11.7. The van der Waals surface area contributed by atoms with Crippen LogP contribution in [0.5, 0.6) is 0 Å². The van der Waals surface area contributed by atoms with Gasteiger partial charge in [0, 0.05) is 12.8 Å². The second-order valence-corrected chi connectivity index (χ2v) is 7.82. The van der Waals surface area contributed by atoms with Crippen LogP contribution in [0.2, 0.25) is 0 Å². The van der Waals surface area contributed by atoms with Crippen molar-refractivity contribution in [1.82, 2.24) is 0 Å². The zero-order valence-electron chi connectivity index (χ0n) is 13.2. The molecule has 0 heterocycles. The smallest absolute Gasteiger partial charge is 0.137 e. The molecular formula is C20H26O. The first-order valence-electron chi connectivity index (χ1n) is 8.69. The van der Waals surface area contributed by atoms with Crippen molar-refractivity contribution < 1.29 is 4.79 Å². The predicted molar refractivity (Wildman–Crippen MR) is 85.8 cm³/mol. The summed E-state index contributed by atoms with van der Waals surface area (Å²) in [5, 5.41) is 0. The Kier molecular flexibility index (Phi) is 3.03. The molecule has 0 bridgehead atoms. The lowest BCUT2D eigenvalue weighted by molar-refractivity contribution is -0.119. The van der Waals surface area contributed by atoms with Gasteiger partial charge in [-0.2, -0.15) is 0 Å². The number of allylic oxidation sites excluding steroid dienone is 5. The molecule has 0 aromatic rings. The number of rotatable bonds is 1. The average molecular weight is 282 g/mol. The Balaban J connectivity index is 1.65. The van der Waals surface area contributed by atoms with Gasteiger partial charge in [0.15, 0.2) is 0 Å². The van der Waals surface area contributed by atoms with E-state index >= 15 is 0 Å². The summed E-state index contributed by atoms with van der Waals surface area (Å²) in [7, 11) is 0.